The van der Waals surface area contributed by atoms with E-state index in [4.69, 9.17) is 16.3 Å². The standard InChI is InChI=1S/C17H18ClN3O3S/c1-11-4-5-12(18)9-13(11)20-15(22)10-24-16(23)14-3-2-7-21(14)17-19-6-8-25-17/h4-6,8-9,14H,2-3,7,10H2,1H3,(H,20,22). The Bertz CT molecular complexity index is 767. The van der Waals surface area contributed by atoms with Crippen molar-refractivity contribution < 1.29 is 14.3 Å². The number of anilines is 2. The zero-order valence-electron chi connectivity index (χ0n) is 13.7. The molecule has 0 bridgehead atoms. The van der Waals surface area contributed by atoms with E-state index in [-0.39, 0.29) is 12.6 Å². The van der Waals surface area contributed by atoms with Crippen LogP contribution in [0.25, 0.3) is 0 Å². The number of carbonyl (C=O) groups is 2. The van der Waals surface area contributed by atoms with Gasteiger partial charge in [0.1, 0.15) is 6.04 Å². The largest absolute Gasteiger partial charge is 0.454 e. The van der Waals surface area contributed by atoms with Gasteiger partial charge < -0.3 is 15.0 Å². The number of benzene rings is 1. The van der Waals surface area contributed by atoms with Crippen molar-refractivity contribution in [2.45, 2.75) is 25.8 Å². The zero-order valence-corrected chi connectivity index (χ0v) is 15.3. The monoisotopic (exact) mass is 379 g/mol. The number of halogens is 1. The van der Waals surface area contributed by atoms with Crippen molar-refractivity contribution in [1.29, 1.82) is 0 Å². The van der Waals surface area contributed by atoms with Crippen molar-refractivity contribution >= 4 is 45.6 Å². The SMILES string of the molecule is Cc1ccc(Cl)cc1NC(=O)COC(=O)C1CCCN1c1nccs1. The summed E-state index contributed by atoms with van der Waals surface area (Å²) in [5.41, 5.74) is 1.49. The van der Waals surface area contributed by atoms with Gasteiger partial charge in [-0.3, -0.25) is 4.79 Å². The number of rotatable bonds is 5. The van der Waals surface area contributed by atoms with Gasteiger partial charge >= 0.3 is 5.97 Å². The zero-order chi connectivity index (χ0) is 17.8. The molecule has 8 heteroatoms. The predicted molar refractivity (Wildman–Crippen MR) is 98.3 cm³/mol. The number of nitrogens with one attached hydrogen (secondary N) is 1. The highest BCUT2D eigenvalue weighted by atomic mass is 35.5. The quantitative estimate of drug-likeness (QED) is 0.807. The van der Waals surface area contributed by atoms with E-state index < -0.39 is 11.9 Å². The molecule has 3 rings (SSSR count). The van der Waals surface area contributed by atoms with Crippen molar-refractivity contribution in [3.05, 3.63) is 40.4 Å². The van der Waals surface area contributed by atoms with E-state index in [0.717, 1.165) is 23.7 Å². The van der Waals surface area contributed by atoms with Crippen LogP contribution in [0.1, 0.15) is 18.4 Å². The topological polar surface area (TPSA) is 71.5 Å². The van der Waals surface area contributed by atoms with Crippen LogP contribution in [0.4, 0.5) is 10.8 Å². The molecule has 1 aliphatic heterocycles. The van der Waals surface area contributed by atoms with E-state index in [0.29, 0.717) is 17.1 Å². The first-order valence-corrected chi connectivity index (χ1v) is 9.19. The normalized spacial score (nSPS) is 16.7. The molecule has 1 atom stereocenters. The lowest BCUT2D eigenvalue weighted by Gasteiger charge is -2.22. The maximum absolute atomic E-state index is 12.3. The van der Waals surface area contributed by atoms with Gasteiger partial charge in [0.05, 0.1) is 0 Å². The third-order valence-corrected chi connectivity index (χ3v) is 5.05. The molecule has 1 amide bonds. The number of aromatic nitrogens is 1. The molecule has 6 nitrogen and oxygen atoms in total. The minimum absolute atomic E-state index is 0.326. The molecular weight excluding hydrogens is 362 g/mol. The molecule has 1 fully saturated rings. The first kappa shape index (κ1) is 17.7. The maximum Gasteiger partial charge on any atom is 0.329 e. The summed E-state index contributed by atoms with van der Waals surface area (Å²) in [6.45, 7) is 2.30. The molecule has 1 unspecified atom stereocenters. The number of amides is 1. The van der Waals surface area contributed by atoms with E-state index in [9.17, 15) is 9.59 Å². The summed E-state index contributed by atoms with van der Waals surface area (Å²) in [5.74, 6) is -0.789. The van der Waals surface area contributed by atoms with Crippen LogP contribution in [-0.2, 0) is 14.3 Å². The Morgan fingerprint density at radius 1 is 1.48 bits per heavy atom. The maximum atomic E-state index is 12.3. The highest BCUT2D eigenvalue weighted by Crippen LogP contribution is 2.27. The predicted octanol–water partition coefficient (Wildman–Crippen LogP) is 3.26. The molecule has 2 heterocycles. The van der Waals surface area contributed by atoms with E-state index >= 15 is 0 Å². The molecule has 132 valence electrons. The summed E-state index contributed by atoms with van der Waals surface area (Å²) < 4.78 is 5.21. The molecule has 0 aliphatic carbocycles. The van der Waals surface area contributed by atoms with Gasteiger partial charge in [-0.25, -0.2) is 9.78 Å². The number of thiazole rings is 1. The smallest absolute Gasteiger partial charge is 0.329 e. The van der Waals surface area contributed by atoms with Gasteiger partial charge in [-0.05, 0) is 37.5 Å². The number of hydrogen-bond donors (Lipinski definition) is 1. The van der Waals surface area contributed by atoms with Crippen LogP contribution in [-0.4, -0.2) is 36.1 Å². The van der Waals surface area contributed by atoms with Crippen molar-refractivity contribution in [1.82, 2.24) is 4.98 Å². The number of aryl methyl sites for hydroxylation is 1. The Morgan fingerprint density at radius 2 is 2.32 bits per heavy atom. The van der Waals surface area contributed by atoms with E-state index in [1.54, 1.807) is 18.3 Å². The summed E-state index contributed by atoms with van der Waals surface area (Å²) >= 11 is 7.42. The van der Waals surface area contributed by atoms with Crippen LogP contribution in [0.3, 0.4) is 0 Å². The van der Waals surface area contributed by atoms with Crippen LogP contribution in [0.5, 0.6) is 0 Å². The Balaban J connectivity index is 1.55. The summed E-state index contributed by atoms with van der Waals surface area (Å²) in [6, 6.07) is 4.85. The molecule has 1 N–H and O–H groups in total. The summed E-state index contributed by atoms with van der Waals surface area (Å²) in [5, 5.41) is 5.92. The van der Waals surface area contributed by atoms with Crippen LogP contribution in [0.15, 0.2) is 29.8 Å². The lowest BCUT2D eigenvalue weighted by Crippen LogP contribution is -2.38. The molecule has 0 saturated carbocycles. The molecule has 1 aromatic heterocycles. The summed E-state index contributed by atoms with van der Waals surface area (Å²) in [4.78, 5) is 30.6. The van der Waals surface area contributed by atoms with Crippen molar-refractivity contribution in [2.75, 3.05) is 23.4 Å². The third kappa shape index (κ3) is 4.29. The van der Waals surface area contributed by atoms with Crippen LogP contribution in [0, 0.1) is 6.92 Å². The Kier molecular flexibility index (Phi) is 5.55. The van der Waals surface area contributed by atoms with Crippen molar-refractivity contribution in [3.8, 4) is 0 Å². The van der Waals surface area contributed by atoms with E-state index in [1.165, 1.54) is 11.3 Å². The van der Waals surface area contributed by atoms with E-state index in [1.807, 2.05) is 23.3 Å². The molecule has 1 aliphatic rings. The lowest BCUT2D eigenvalue weighted by molar-refractivity contribution is -0.148. The van der Waals surface area contributed by atoms with Crippen LogP contribution in [0.2, 0.25) is 5.02 Å². The van der Waals surface area contributed by atoms with Crippen LogP contribution < -0.4 is 10.2 Å². The van der Waals surface area contributed by atoms with Gasteiger partial charge in [-0.2, -0.15) is 0 Å². The minimum atomic E-state index is -0.398. The molecule has 0 radical (unpaired) electrons. The fraction of sp³-hybridized carbons (Fsp3) is 0.353. The fourth-order valence-electron chi connectivity index (χ4n) is 2.75. The first-order chi connectivity index (χ1) is 12.0. The number of hydrogen-bond acceptors (Lipinski definition) is 6. The van der Waals surface area contributed by atoms with Crippen molar-refractivity contribution in [3.63, 3.8) is 0 Å². The number of esters is 1. The summed E-state index contributed by atoms with van der Waals surface area (Å²) in [6.07, 6.45) is 3.31. The molecular formula is C17H18ClN3O3S. The molecule has 2 aromatic rings. The van der Waals surface area contributed by atoms with Crippen molar-refractivity contribution in [2.24, 2.45) is 0 Å². The number of carbonyl (C=O) groups excluding carboxylic acids is 2. The number of nitrogens with zero attached hydrogens (tertiary/aromatic N) is 2. The van der Waals surface area contributed by atoms with Gasteiger partial charge in [0, 0.05) is 28.8 Å². The Labute approximate surface area is 154 Å². The highest BCUT2D eigenvalue weighted by Gasteiger charge is 2.33. The minimum Gasteiger partial charge on any atom is -0.454 e. The summed E-state index contributed by atoms with van der Waals surface area (Å²) in [7, 11) is 0. The average Bonchev–Trinajstić information content (AvgIpc) is 3.26. The van der Waals surface area contributed by atoms with Gasteiger partial charge in [0.15, 0.2) is 11.7 Å². The second kappa shape index (κ2) is 7.84. The van der Waals surface area contributed by atoms with Crippen LogP contribution >= 0.6 is 22.9 Å². The number of ether oxygens (including phenoxy) is 1. The van der Waals surface area contributed by atoms with Gasteiger partial charge in [0.2, 0.25) is 0 Å². The van der Waals surface area contributed by atoms with Gasteiger partial charge in [-0.15, -0.1) is 11.3 Å². The average molecular weight is 380 g/mol. The second-order valence-corrected chi connectivity index (χ2v) is 7.09. The second-order valence-electron chi connectivity index (χ2n) is 5.78. The fourth-order valence-corrected chi connectivity index (χ4v) is 3.64. The Morgan fingerprint density at radius 3 is 3.08 bits per heavy atom. The first-order valence-electron chi connectivity index (χ1n) is 7.93. The molecule has 1 aromatic carbocycles. The molecule has 1 saturated heterocycles. The molecule has 0 spiro atoms. The molecule has 25 heavy (non-hydrogen) atoms. The van der Waals surface area contributed by atoms with E-state index in [2.05, 4.69) is 10.3 Å². The highest BCUT2D eigenvalue weighted by molar-refractivity contribution is 7.13. The Hall–Kier alpha value is -2.12. The lowest BCUT2D eigenvalue weighted by atomic mass is 10.2. The van der Waals surface area contributed by atoms with Gasteiger partial charge in [0.25, 0.3) is 5.91 Å². The third-order valence-electron chi connectivity index (χ3n) is 4.01. The van der Waals surface area contributed by atoms with Gasteiger partial charge in [-0.1, -0.05) is 17.7 Å².